The fourth-order valence-corrected chi connectivity index (χ4v) is 3.62. The van der Waals surface area contributed by atoms with Crippen molar-refractivity contribution < 1.29 is 14.3 Å². The molecule has 1 amide bonds. The third-order valence-electron chi connectivity index (χ3n) is 5.14. The summed E-state index contributed by atoms with van der Waals surface area (Å²) in [7, 11) is 0. The molecule has 0 fully saturated rings. The van der Waals surface area contributed by atoms with Gasteiger partial charge in [-0.2, -0.15) is 0 Å². The fraction of sp³-hybridized carbons (Fsp3) is 0.231. The van der Waals surface area contributed by atoms with Gasteiger partial charge >= 0.3 is 0 Å². The van der Waals surface area contributed by atoms with Crippen LogP contribution in [-0.4, -0.2) is 29.1 Å². The van der Waals surface area contributed by atoms with E-state index in [2.05, 4.69) is 15.3 Å². The molecule has 6 heteroatoms. The molecule has 0 saturated carbocycles. The number of ether oxygens (including phenoxy) is 2. The van der Waals surface area contributed by atoms with Crippen molar-refractivity contribution in [1.82, 2.24) is 9.97 Å². The normalized spacial score (nSPS) is 10.8. The minimum Gasteiger partial charge on any atom is -0.490 e. The molecule has 4 rings (SSSR count). The first-order valence-electron chi connectivity index (χ1n) is 10.9. The molecule has 0 saturated heterocycles. The van der Waals surface area contributed by atoms with Gasteiger partial charge in [-0.15, -0.1) is 0 Å². The highest BCUT2D eigenvalue weighted by atomic mass is 16.5. The summed E-state index contributed by atoms with van der Waals surface area (Å²) >= 11 is 0. The van der Waals surface area contributed by atoms with Crippen LogP contribution in [0.25, 0.3) is 11.0 Å². The van der Waals surface area contributed by atoms with Crippen molar-refractivity contribution in [3.05, 3.63) is 83.7 Å². The van der Waals surface area contributed by atoms with Crippen LogP contribution in [0.1, 0.15) is 35.6 Å². The molecule has 0 spiro atoms. The summed E-state index contributed by atoms with van der Waals surface area (Å²) in [6.07, 6.45) is 1.50. The molecule has 6 nitrogen and oxygen atoms in total. The van der Waals surface area contributed by atoms with Gasteiger partial charge in [-0.1, -0.05) is 30.3 Å². The van der Waals surface area contributed by atoms with Gasteiger partial charge < -0.3 is 19.8 Å². The lowest BCUT2D eigenvalue weighted by Gasteiger charge is -2.14. The first kappa shape index (κ1) is 21.4. The average Bonchev–Trinajstić information content (AvgIpc) is 3.23. The zero-order valence-corrected chi connectivity index (χ0v) is 18.4. The van der Waals surface area contributed by atoms with E-state index in [1.54, 1.807) is 18.2 Å². The lowest BCUT2D eigenvalue weighted by molar-refractivity contribution is 0.102. The Kier molecular flexibility index (Phi) is 6.70. The Balaban J connectivity index is 1.48. The Bertz CT molecular complexity index is 1180. The molecule has 0 unspecified atom stereocenters. The maximum Gasteiger partial charge on any atom is 0.255 e. The van der Waals surface area contributed by atoms with Crippen molar-refractivity contribution in [2.75, 3.05) is 18.5 Å². The molecular formula is C26H27N3O3. The van der Waals surface area contributed by atoms with Crippen molar-refractivity contribution in [3.8, 4) is 11.5 Å². The van der Waals surface area contributed by atoms with Crippen molar-refractivity contribution in [2.24, 2.45) is 0 Å². The van der Waals surface area contributed by atoms with E-state index in [4.69, 9.17) is 9.47 Å². The summed E-state index contributed by atoms with van der Waals surface area (Å²) in [5.41, 5.74) is 4.36. The molecule has 0 atom stereocenters. The SMILES string of the molecule is CCOc1ccc(C(=O)Nc2ccccc2CCc2nc3ccccc3[nH]2)cc1OCC. The van der Waals surface area contributed by atoms with Crippen molar-refractivity contribution in [1.29, 1.82) is 0 Å². The summed E-state index contributed by atoms with van der Waals surface area (Å²) in [4.78, 5) is 21.0. The number of hydrogen-bond acceptors (Lipinski definition) is 4. The smallest absolute Gasteiger partial charge is 0.255 e. The summed E-state index contributed by atoms with van der Waals surface area (Å²) in [6, 6.07) is 21.1. The Labute approximate surface area is 187 Å². The monoisotopic (exact) mass is 429 g/mol. The Morgan fingerprint density at radius 2 is 1.66 bits per heavy atom. The van der Waals surface area contributed by atoms with E-state index in [0.29, 0.717) is 30.3 Å². The van der Waals surface area contributed by atoms with Crippen LogP contribution in [0.3, 0.4) is 0 Å². The summed E-state index contributed by atoms with van der Waals surface area (Å²) in [5, 5.41) is 3.04. The van der Waals surface area contributed by atoms with Crippen LogP contribution in [0.5, 0.6) is 11.5 Å². The van der Waals surface area contributed by atoms with E-state index in [0.717, 1.165) is 41.0 Å². The molecule has 1 aromatic heterocycles. The van der Waals surface area contributed by atoms with Gasteiger partial charge in [0.25, 0.3) is 5.91 Å². The predicted octanol–water partition coefficient (Wildman–Crippen LogP) is 5.40. The fourth-order valence-electron chi connectivity index (χ4n) is 3.62. The van der Waals surface area contributed by atoms with Gasteiger partial charge in [0, 0.05) is 17.7 Å². The quantitative estimate of drug-likeness (QED) is 0.374. The number of para-hydroxylation sites is 3. The number of carbonyl (C=O) groups is 1. The number of benzene rings is 3. The van der Waals surface area contributed by atoms with Crippen LogP contribution in [0, 0.1) is 0 Å². The van der Waals surface area contributed by atoms with Crippen molar-refractivity contribution in [3.63, 3.8) is 0 Å². The van der Waals surface area contributed by atoms with Gasteiger partial charge in [0.15, 0.2) is 11.5 Å². The number of H-pyrrole nitrogens is 1. The van der Waals surface area contributed by atoms with Crippen LogP contribution in [0.2, 0.25) is 0 Å². The van der Waals surface area contributed by atoms with Crippen LogP contribution in [0.15, 0.2) is 66.7 Å². The lowest BCUT2D eigenvalue weighted by Crippen LogP contribution is -2.14. The van der Waals surface area contributed by atoms with Gasteiger partial charge in [-0.3, -0.25) is 4.79 Å². The number of nitrogens with zero attached hydrogens (tertiary/aromatic N) is 1. The number of anilines is 1. The molecule has 1 heterocycles. The molecule has 0 aliphatic heterocycles. The van der Waals surface area contributed by atoms with Crippen molar-refractivity contribution in [2.45, 2.75) is 26.7 Å². The maximum atomic E-state index is 13.0. The van der Waals surface area contributed by atoms with Gasteiger partial charge in [-0.05, 0) is 62.2 Å². The second-order valence-electron chi connectivity index (χ2n) is 7.34. The largest absolute Gasteiger partial charge is 0.490 e. The standard InChI is InChI=1S/C26H27N3O3/c1-3-31-23-15-13-19(17-24(23)32-4-2)26(30)29-20-10-6-5-9-18(20)14-16-25-27-21-11-7-8-12-22(21)28-25/h5-13,15,17H,3-4,14,16H2,1-2H3,(H,27,28)(H,29,30). The first-order valence-corrected chi connectivity index (χ1v) is 10.9. The number of aromatic amines is 1. The number of imidazole rings is 1. The molecule has 3 aromatic carbocycles. The van der Waals surface area contributed by atoms with Crippen molar-refractivity contribution >= 4 is 22.6 Å². The predicted molar refractivity (Wildman–Crippen MR) is 127 cm³/mol. The third-order valence-corrected chi connectivity index (χ3v) is 5.14. The molecule has 4 aromatic rings. The second kappa shape index (κ2) is 10.0. The van der Waals surface area contributed by atoms with E-state index >= 15 is 0 Å². The van der Waals surface area contributed by atoms with E-state index in [1.165, 1.54) is 0 Å². The zero-order chi connectivity index (χ0) is 22.3. The second-order valence-corrected chi connectivity index (χ2v) is 7.34. The summed E-state index contributed by atoms with van der Waals surface area (Å²) in [6.45, 7) is 4.85. The van der Waals surface area contributed by atoms with Crippen LogP contribution in [-0.2, 0) is 12.8 Å². The average molecular weight is 430 g/mol. The molecule has 0 aliphatic rings. The molecule has 32 heavy (non-hydrogen) atoms. The van der Waals surface area contributed by atoms with Crippen LogP contribution >= 0.6 is 0 Å². The number of nitrogens with one attached hydrogen (secondary N) is 2. The van der Waals surface area contributed by atoms with Gasteiger partial charge in [0.2, 0.25) is 0 Å². The number of fused-ring (bicyclic) bond motifs is 1. The minimum atomic E-state index is -0.190. The topological polar surface area (TPSA) is 76.2 Å². The number of amides is 1. The Hall–Kier alpha value is -3.80. The summed E-state index contributed by atoms with van der Waals surface area (Å²) in [5.74, 6) is 1.95. The zero-order valence-electron chi connectivity index (χ0n) is 18.4. The maximum absolute atomic E-state index is 13.0. The van der Waals surface area contributed by atoms with E-state index in [9.17, 15) is 4.79 Å². The highest BCUT2D eigenvalue weighted by molar-refractivity contribution is 6.05. The number of hydrogen-bond donors (Lipinski definition) is 2. The minimum absolute atomic E-state index is 0.190. The Morgan fingerprint density at radius 1 is 0.906 bits per heavy atom. The number of aromatic nitrogens is 2. The molecule has 0 bridgehead atoms. The van der Waals surface area contributed by atoms with E-state index in [1.807, 2.05) is 62.4 Å². The molecule has 164 valence electrons. The molecule has 0 radical (unpaired) electrons. The Morgan fingerprint density at radius 3 is 2.47 bits per heavy atom. The molecular weight excluding hydrogens is 402 g/mol. The summed E-state index contributed by atoms with van der Waals surface area (Å²) < 4.78 is 11.2. The molecule has 0 aliphatic carbocycles. The molecule has 2 N–H and O–H groups in total. The van der Waals surface area contributed by atoms with E-state index < -0.39 is 0 Å². The number of carbonyl (C=O) groups excluding carboxylic acids is 1. The number of aryl methyl sites for hydroxylation is 2. The van der Waals surface area contributed by atoms with Crippen LogP contribution < -0.4 is 14.8 Å². The highest BCUT2D eigenvalue weighted by Crippen LogP contribution is 2.29. The van der Waals surface area contributed by atoms with Gasteiger partial charge in [-0.25, -0.2) is 4.98 Å². The van der Waals surface area contributed by atoms with Gasteiger partial charge in [0.05, 0.1) is 24.2 Å². The van der Waals surface area contributed by atoms with Gasteiger partial charge in [0.1, 0.15) is 5.82 Å². The highest BCUT2D eigenvalue weighted by Gasteiger charge is 2.14. The van der Waals surface area contributed by atoms with E-state index in [-0.39, 0.29) is 5.91 Å². The first-order chi connectivity index (χ1) is 15.7. The third kappa shape index (κ3) is 4.91. The number of rotatable bonds is 9. The van der Waals surface area contributed by atoms with Crippen LogP contribution in [0.4, 0.5) is 5.69 Å². The lowest BCUT2D eigenvalue weighted by atomic mass is 10.1.